The van der Waals surface area contributed by atoms with Crippen molar-refractivity contribution in [2.45, 2.75) is 33.0 Å². The first-order valence-electron chi connectivity index (χ1n) is 5.07. The topological polar surface area (TPSA) is 6.48 Å². The van der Waals surface area contributed by atoms with Crippen molar-refractivity contribution in [1.29, 1.82) is 0 Å². The van der Waals surface area contributed by atoms with Crippen LogP contribution in [0.5, 0.6) is 0 Å². The summed E-state index contributed by atoms with van der Waals surface area (Å²) in [5.41, 5.74) is 0. The maximum atomic E-state index is 4.85. The summed E-state index contributed by atoms with van der Waals surface area (Å²) in [4.78, 5) is 4.53. The van der Waals surface area contributed by atoms with Crippen LogP contribution in [0.2, 0.25) is 6.32 Å². The molecule has 0 aromatic rings. The van der Waals surface area contributed by atoms with Gasteiger partial charge in [-0.15, -0.1) is 0 Å². The molecule has 0 N–H and O–H groups in total. The summed E-state index contributed by atoms with van der Waals surface area (Å²) in [7, 11) is 6.95. The molecule has 13 heavy (non-hydrogen) atoms. The van der Waals surface area contributed by atoms with Crippen LogP contribution in [-0.2, 0) is 0 Å². The summed E-state index contributed by atoms with van der Waals surface area (Å²) < 4.78 is 0. The van der Waals surface area contributed by atoms with Gasteiger partial charge in [-0.3, -0.25) is 0 Å². The molecular weight excluding hydrogens is 159 g/mol. The standard InChI is InChI=1S/C8H16N2.C2H5B/c1-3-4-5-10-7-6-9(2)8-10;1-2-3/h6-7H,3-5,8H2,1-2H3;2H2,1H3. The van der Waals surface area contributed by atoms with Crippen LogP contribution in [0.4, 0.5) is 0 Å². The van der Waals surface area contributed by atoms with Crippen LogP contribution in [0.15, 0.2) is 12.4 Å². The van der Waals surface area contributed by atoms with E-state index in [1.165, 1.54) is 19.4 Å². The Morgan fingerprint density at radius 2 is 1.92 bits per heavy atom. The van der Waals surface area contributed by atoms with E-state index in [0.29, 0.717) is 0 Å². The van der Waals surface area contributed by atoms with E-state index in [9.17, 15) is 0 Å². The zero-order valence-corrected chi connectivity index (χ0v) is 9.16. The van der Waals surface area contributed by atoms with E-state index in [1.807, 2.05) is 6.92 Å². The summed E-state index contributed by atoms with van der Waals surface area (Å²) in [6, 6.07) is 0. The molecule has 0 fully saturated rings. The molecule has 1 aliphatic rings. The molecule has 74 valence electrons. The van der Waals surface area contributed by atoms with Gasteiger partial charge in [-0.2, -0.15) is 0 Å². The lowest BCUT2D eigenvalue weighted by atomic mass is 10.1. The van der Waals surface area contributed by atoms with Crippen LogP contribution in [0.1, 0.15) is 26.7 Å². The molecule has 2 radical (unpaired) electrons. The van der Waals surface area contributed by atoms with Gasteiger partial charge in [-0.25, -0.2) is 0 Å². The molecule has 0 atom stereocenters. The van der Waals surface area contributed by atoms with E-state index in [-0.39, 0.29) is 0 Å². The minimum absolute atomic E-state index is 0.750. The van der Waals surface area contributed by atoms with E-state index < -0.39 is 0 Å². The normalized spacial score (nSPS) is 14.4. The van der Waals surface area contributed by atoms with Crippen molar-refractivity contribution in [1.82, 2.24) is 9.80 Å². The fourth-order valence-corrected chi connectivity index (χ4v) is 1.10. The maximum Gasteiger partial charge on any atom is 0.0890 e. The first kappa shape index (κ1) is 12.4. The monoisotopic (exact) mass is 180 g/mol. The Balaban J connectivity index is 0.000000424. The van der Waals surface area contributed by atoms with E-state index in [4.69, 9.17) is 7.85 Å². The van der Waals surface area contributed by atoms with Crippen LogP contribution in [0.3, 0.4) is 0 Å². The van der Waals surface area contributed by atoms with Crippen LogP contribution in [0.25, 0.3) is 0 Å². The molecule has 0 aromatic carbocycles. The molecule has 0 amide bonds. The molecule has 1 aliphatic heterocycles. The minimum atomic E-state index is 0.750. The van der Waals surface area contributed by atoms with Gasteiger partial charge in [0, 0.05) is 26.0 Å². The first-order chi connectivity index (χ1) is 6.24. The van der Waals surface area contributed by atoms with Gasteiger partial charge >= 0.3 is 0 Å². The Bertz CT molecular complexity index is 137. The van der Waals surface area contributed by atoms with Crippen molar-refractivity contribution < 1.29 is 0 Å². The second-order valence-corrected chi connectivity index (χ2v) is 3.27. The Hall–Kier alpha value is -0.595. The number of nitrogens with zero attached hydrogens (tertiary/aromatic N) is 2. The largest absolute Gasteiger partial charge is 0.362 e. The molecule has 0 unspecified atom stereocenters. The summed E-state index contributed by atoms with van der Waals surface area (Å²) in [5.74, 6) is 0. The zero-order valence-electron chi connectivity index (χ0n) is 9.16. The Labute approximate surface area is 84.0 Å². The first-order valence-corrected chi connectivity index (χ1v) is 5.07. The highest BCUT2D eigenvalue weighted by atomic mass is 15.3. The van der Waals surface area contributed by atoms with Gasteiger partial charge in [-0.1, -0.05) is 26.6 Å². The predicted octanol–water partition coefficient (Wildman–Crippen LogP) is 2.06. The van der Waals surface area contributed by atoms with Crippen LogP contribution in [-0.4, -0.2) is 37.9 Å². The van der Waals surface area contributed by atoms with Crippen molar-refractivity contribution in [3.05, 3.63) is 12.4 Å². The molecule has 0 spiro atoms. The Morgan fingerprint density at radius 1 is 1.31 bits per heavy atom. The van der Waals surface area contributed by atoms with E-state index >= 15 is 0 Å². The number of rotatable bonds is 3. The SMILES string of the molecule is CCCCN1C=CN(C)C1.[B]CC. The number of unbranched alkanes of at least 4 members (excludes halogenated alkanes) is 1. The van der Waals surface area contributed by atoms with Crippen molar-refractivity contribution in [3.8, 4) is 0 Å². The van der Waals surface area contributed by atoms with Gasteiger partial charge in [0.25, 0.3) is 0 Å². The van der Waals surface area contributed by atoms with Crippen LogP contribution < -0.4 is 0 Å². The second-order valence-electron chi connectivity index (χ2n) is 3.27. The summed E-state index contributed by atoms with van der Waals surface area (Å²) >= 11 is 0. The molecular formula is C10H21BN2. The van der Waals surface area contributed by atoms with E-state index in [2.05, 4.69) is 36.2 Å². The fourth-order valence-electron chi connectivity index (χ4n) is 1.10. The third-order valence-electron chi connectivity index (χ3n) is 1.74. The smallest absolute Gasteiger partial charge is 0.0890 e. The molecule has 2 nitrogen and oxygen atoms in total. The lowest BCUT2D eigenvalue weighted by Crippen LogP contribution is -2.23. The van der Waals surface area contributed by atoms with Gasteiger partial charge < -0.3 is 9.80 Å². The quantitative estimate of drug-likeness (QED) is 0.613. The summed E-state index contributed by atoms with van der Waals surface area (Å²) in [6.07, 6.45) is 7.62. The molecule has 1 rings (SSSR count). The minimum Gasteiger partial charge on any atom is -0.362 e. The number of hydrogen-bond acceptors (Lipinski definition) is 2. The highest BCUT2D eigenvalue weighted by Gasteiger charge is 2.05. The summed E-state index contributed by atoms with van der Waals surface area (Å²) in [5, 5.41) is 0. The van der Waals surface area contributed by atoms with Gasteiger partial charge in [-0.05, 0) is 6.42 Å². The van der Waals surface area contributed by atoms with Gasteiger partial charge in [0.1, 0.15) is 0 Å². The summed E-state index contributed by atoms with van der Waals surface area (Å²) in [6.45, 7) is 6.40. The second kappa shape index (κ2) is 8.02. The van der Waals surface area contributed by atoms with Crippen LogP contribution >= 0.6 is 0 Å². The van der Waals surface area contributed by atoms with Crippen LogP contribution in [0, 0.1) is 0 Å². The molecule has 1 heterocycles. The highest BCUT2D eigenvalue weighted by Crippen LogP contribution is 2.04. The Morgan fingerprint density at radius 3 is 2.31 bits per heavy atom. The van der Waals surface area contributed by atoms with E-state index in [1.54, 1.807) is 0 Å². The molecule has 0 bridgehead atoms. The maximum absolute atomic E-state index is 4.85. The van der Waals surface area contributed by atoms with Crippen molar-refractivity contribution in [2.24, 2.45) is 0 Å². The molecule has 0 saturated heterocycles. The van der Waals surface area contributed by atoms with Gasteiger partial charge in [0.15, 0.2) is 0 Å². The number of hydrogen-bond donors (Lipinski definition) is 0. The average molecular weight is 180 g/mol. The predicted molar refractivity (Wildman–Crippen MR) is 59.6 cm³/mol. The van der Waals surface area contributed by atoms with Gasteiger partial charge in [0.2, 0.25) is 0 Å². The average Bonchev–Trinajstić information content (AvgIpc) is 2.49. The van der Waals surface area contributed by atoms with E-state index in [0.717, 1.165) is 13.0 Å². The fraction of sp³-hybridized carbons (Fsp3) is 0.800. The molecule has 0 aliphatic carbocycles. The van der Waals surface area contributed by atoms with Crippen molar-refractivity contribution in [2.75, 3.05) is 20.3 Å². The lowest BCUT2D eigenvalue weighted by molar-refractivity contribution is 0.293. The zero-order chi connectivity index (χ0) is 10.1. The highest BCUT2D eigenvalue weighted by molar-refractivity contribution is 6.08. The van der Waals surface area contributed by atoms with Gasteiger partial charge in [0.05, 0.1) is 14.5 Å². The molecule has 3 heteroatoms. The third-order valence-corrected chi connectivity index (χ3v) is 1.74. The Kier molecular flexibility index (Phi) is 7.66. The van der Waals surface area contributed by atoms with Crippen molar-refractivity contribution >= 4 is 7.85 Å². The molecule has 0 saturated carbocycles. The van der Waals surface area contributed by atoms with Crippen molar-refractivity contribution in [3.63, 3.8) is 0 Å². The third kappa shape index (κ3) is 6.56. The lowest BCUT2D eigenvalue weighted by Gasteiger charge is -2.17. The molecule has 0 aromatic heterocycles.